The number of aromatic nitrogens is 2. The number of aryl methyl sites for hydroxylation is 2. The molecule has 4 rings (SSSR count). The molecule has 2 aromatic carbocycles. The molecule has 0 unspecified atom stereocenters. The minimum Gasteiger partial charge on any atom is -0.496 e. The third-order valence-corrected chi connectivity index (χ3v) is 6.07. The van der Waals surface area contributed by atoms with Crippen LogP contribution in [-0.4, -0.2) is 48.1 Å². The molecule has 1 aliphatic rings. The summed E-state index contributed by atoms with van der Waals surface area (Å²) in [4.78, 5) is 24.5. The van der Waals surface area contributed by atoms with Crippen LogP contribution < -0.4 is 14.8 Å². The van der Waals surface area contributed by atoms with Crippen molar-refractivity contribution in [2.24, 2.45) is 0 Å². The van der Waals surface area contributed by atoms with Crippen LogP contribution in [0, 0.1) is 13.8 Å². The topological polar surface area (TPSA) is 76.6 Å². The molecular formula is C26H30N4O3. The SMILES string of the molecule is COc1cc(C)ccc1CN1CC[C@@H](c2ncc(C(=O)Nc3ccccc3OC)c(C)n2)C1. The molecule has 1 aliphatic heterocycles. The number of para-hydroxylation sites is 2. The van der Waals surface area contributed by atoms with Gasteiger partial charge in [-0.05, 0) is 50.6 Å². The highest BCUT2D eigenvalue weighted by Crippen LogP contribution is 2.29. The zero-order valence-electron chi connectivity index (χ0n) is 19.6. The molecule has 1 aromatic heterocycles. The summed E-state index contributed by atoms with van der Waals surface area (Å²) in [5.41, 5.74) is 4.12. The maximum atomic E-state index is 12.8. The monoisotopic (exact) mass is 446 g/mol. The summed E-state index contributed by atoms with van der Waals surface area (Å²) >= 11 is 0. The normalized spacial score (nSPS) is 15.9. The van der Waals surface area contributed by atoms with Crippen LogP contribution in [0.5, 0.6) is 11.5 Å². The van der Waals surface area contributed by atoms with E-state index in [2.05, 4.69) is 40.3 Å². The lowest BCUT2D eigenvalue weighted by Gasteiger charge is -2.18. The summed E-state index contributed by atoms with van der Waals surface area (Å²) in [6.45, 7) is 6.60. The van der Waals surface area contributed by atoms with E-state index in [1.165, 1.54) is 11.1 Å². The fourth-order valence-corrected chi connectivity index (χ4v) is 4.25. The first-order valence-electron chi connectivity index (χ1n) is 11.1. The third-order valence-electron chi connectivity index (χ3n) is 6.07. The van der Waals surface area contributed by atoms with Crippen molar-refractivity contribution in [1.29, 1.82) is 0 Å². The Balaban J connectivity index is 1.42. The quantitative estimate of drug-likeness (QED) is 0.581. The number of carbonyl (C=O) groups excluding carboxylic acids is 1. The van der Waals surface area contributed by atoms with Crippen molar-refractivity contribution < 1.29 is 14.3 Å². The molecule has 0 spiro atoms. The first-order chi connectivity index (χ1) is 16.0. The lowest BCUT2D eigenvalue weighted by atomic mass is 10.1. The fraction of sp³-hybridized carbons (Fsp3) is 0.346. The number of ether oxygens (including phenoxy) is 2. The van der Waals surface area contributed by atoms with Crippen LogP contribution in [0.25, 0.3) is 0 Å². The minimum atomic E-state index is -0.247. The Morgan fingerprint density at radius 2 is 1.91 bits per heavy atom. The van der Waals surface area contributed by atoms with Crippen LogP contribution in [0.4, 0.5) is 5.69 Å². The molecular weight excluding hydrogens is 416 g/mol. The second-order valence-electron chi connectivity index (χ2n) is 8.42. The van der Waals surface area contributed by atoms with Gasteiger partial charge < -0.3 is 14.8 Å². The summed E-state index contributed by atoms with van der Waals surface area (Å²) in [7, 11) is 3.29. The summed E-state index contributed by atoms with van der Waals surface area (Å²) in [6, 6.07) is 13.6. The first-order valence-corrected chi connectivity index (χ1v) is 11.1. The number of hydrogen-bond acceptors (Lipinski definition) is 6. The van der Waals surface area contributed by atoms with Crippen molar-refractivity contribution in [3.63, 3.8) is 0 Å². The van der Waals surface area contributed by atoms with Gasteiger partial charge in [-0.3, -0.25) is 9.69 Å². The molecule has 0 aliphatic carbocycles. The van der Waals surface area contributed by atoms with Crippen LogP contribution >= 0.6 is 0 Å². The molecule has 1 fully saturated rings. The number of methoxy groups -OCH3 is 2. The molecule has 0 radical (unpaired) electrons. The van der Waals surface area contributed by atoms with E-state index >= 15 is 0 Å². The third kappa shape index (κ3) is 5.14. The van der Waals surface area contributed by atoms with E-state index in [0.29, 0.717) is 22.7 Å². The number of nitrogens with zero attached hydrogens (tertiary/aromatic N) is 3. The molecule has 7 nitrogen and oxygen atoms in total. The number of carbonyl (C=O) groups is 1. The van der Waals surface area contributed by atoms with Crippen LogP contribution in [-0.2, 0) is 6.54 Å². The smallest absolute Gasteiger partial charge is 0.259 e. The van der Waals surface area contributed by atoms with Gasteiger partial charge in [0.05, 0.1) is 31.2 Å². The van der Waals surface area contributed by atoms with Crippen LogP contribution in [0.1, 0.15) is 45.3 Å². The van der Waals surface area contributed by atoms with Gasteiger partial charge in [0.1, 0.15) is 17.3 Å². The van der Waals surface area contributed by atoms with Gasteiger partial charge in [-0.15, -0.1) is 0 Å². The van der Waals surface area contributed by atoms with Gasteiger partial charge in [-0.25, -0.2) is 9.97 Å². The highest BCUT2D eigenvalue weighted by molar-refractivity contribution is 6.05. The second-order valence-corrected chi connectivity index (χ2v) is 8.42. The van der Waals surface area contributed by atoms with Gasteiger partial charge in [-0.2, -0.15) is 0 Å². The zero-order valence-corrected chi connectivity index (χ0v) is 19.6. The first kappa shape index (κ1) is 22.7. The predicted molar refractivity (Wildman–Crippen MR) is 128 cm³/mol. The maximum absolute atomic E-state index is 12.8. The summed E-state index contributed by atoms with van der Waals surface area (Å²) in [5.74, 6) is 2.32. The molecule has 1 N–H and O–H groups in total. The Morgan fingerprint density at radius 1 is 1.12 bits per heavy atom. The van der Waals surface area contributed by atoms with Crippen LogP contribution in [0.2, 0.25) is 0 Å². The Morgan fingerprint density at radius 3 is 2.67 bits per heavy atom. The average molecular weight is 447 g/mol. The molecule has 1 atom stereocenters. The number of benzene rings is 2. The molecule has 0 saturated carbocycles. The number of nitrogens with one attached hydrogen (secondary N) is 1. The van der Waals surface area contributed by atoms with Crippen molar-refractivity contribution in [3.05, 3.63) is 76.9 Å². The molecule has 3 aromatic rings. The van der Waals surface area contributed by atoms with Gasteiger partial charge in [-0.1, -0.05) is 24.3 Å². The molecule has 7 heteroatoms. The largest absolute Gasteiger partial charge is 0.496 e. The highest BCUT2D eigenvalue weighted by Gasteiger charge is 2.27. The van der Waals surface area contributed by atoms with E-state index in [-0.39, 0.29) is 11.8 Å². The van der Waals surface area contributed by atoms with Crippen molar-refractivity contribution in [2.75, 3.05) is 32.6 Å². The number of rotatable bonds is 7. The lowest BCUT2D eigenvalue weighted by Crippen LogP contribution is -2.21. The molecule has 33 heavy (non-hydrogen) atoms. The Hall–Kier alpha value is -3.45. The zero-order chi connectivity index (χ0) is 23.4. The van der Waals surface area contributed by atoms with E-state index in [4.69, 9.17) is 14.5 Å². The molecule has 2 heterocycles. The number of likely N-dealkylation sites (tertiary alicyclic amines) is 1. The second kappa shape index (κ2) is 10.0. The Kier molecular flexibility index (Phi) is 6.89. The summed E-state index contributed by atoms with van der Waals surface area (Å²) in [5, 5.41) is 2.89. The number of hydrogen-bond donors (Lipinski definition) is 1. The number of amides is 1. The van der Waals surface area contributed by atoms with Gasteiger partial charge in [0.25, 0.3) is 5.91 Å². The molecule has 0 bridgehead atoms. The molecule has 1 saturated heterocycles. The van der Waals surface area contributed by atoms with Crippen LogP contribution in [0.3, 0.4) is 0 Å². The van der Waals surface area contributed by atoms with E-state index in [1.54, 1.807) is 32.5 Å². The Bertz CT molecular complexity index is 1150. The highest BCUT2D eigenvalue weighted by atomic mass is 16.5. The van der Waals surface area contributed by atoms with Crippen molar-refractivity contribution in [1.82, 2.24) is 14.9 Å². The van der Waals surface area contributed by atoms with E-state index in [9.17, 15) is 4.79 Å². The van der Waals surface area contributed by atoms with Gasteiger partial charge in [0, 0.05) is 30.8 Å². The lowest BCUT2D eigenvalue weighted by molar-refractivity contribution is 0.102. The molecule has 1 amide bonds. The summed E-state index contributed by atoms with van der Waals surface area (Å²) in [6.07, 6.45) is 2.62. The Labute approximate surface area is 194 Å². The van der Waals surface area contributed by atoms with Crippen molar-refractivity contribution in [2.45, 2.75) is 32.7 Å². The van der Waals surface area contributed by atoms with Crippen LogP contribution in [0.15, 0.2) is 48.7 Å². The van der Waals surface area contributed by atoms with E-state index in [0.717, 1.165) is 37.6 Å². The predicted octanol–water partition coefficient (Wildman–Crippen LogP) is 4.35. The van der Waals surface area contributed by atoms with Crippen molar-refractivity contribution in [3.8, 4) is 11.5 Å². The minimum absolute atomic E-state index is 0.242. The average Bonchev–Trinajstić information content (AvgIpc) is 3.29. The number of anilines is 1. The van der Waals surface area contributed by atoms with E-state index in [1.807, 2.05) is 19.1 Å². The molecule has 172 valence electrons. The standard InChI is InChI=1S/C26H30N4O3/c1-17-9-10-19(24(13-17)33-4)15-30-12-11-20(16-30)25-27-14-21(18(2)28-25)26(31)29-22-7-5-6-8-23(22)32-3/h5-10,13-14,20H,11-12,15-16H2,1-4H3,(H,29,31)/t20-/m1/s1. The fourth-order valence-electron chi connectivity index (χ4n) is 4.25. The van der Waals surface area contributed by atoms with Gasteiger partial charge in [0.15, 0.2) is 0 Å². The maximum Gasteiger partial charge on any atom is 0.259 e. The van der Waals surface area contributed by atoms with E-state index < -0.39 is 0 Å². The van der Waals surface area contributed by atoms with Crippen molar-refractivity contribution >= 4 is 11.6 Å². The van der Waals surface area contributed by atoms with Gasteiger partial charge in [0.2, 0.25) is 0 Å². The van der Waals surface area contributed by atoms with Gasteiger partial charge >= 0.3 is 0 Å². The summed E-state index contributed by atoms with van der Waals surface area (Å²) < 4.78 is 10.9.